The summed E-state index contributed by atoms with van der Waals surface area (Å²) in [5.74, 6) is -0.505. The maximum Gasteiger partial charge on any atom is 0.356 e. The van der Waals surface area contributed by atoms with Gasteiger partial charge in [-0.25, -0.2) is 14.3 Å². The third-order valence-corrected chi connectivity index (χ3v) is 3.82. The van der Waals surface area contributed by atoms with Gasteiger partial charge >= 0.3 is 5.97 Å². The van der Waals surface area contributed by atoms with E-state index in [0.717, 1.165) is 11.3 Å². The summed E-state index contributed by atoms with van der Waals surface area (Å²) >= 11 is 6.25. The number of halogens is 1. The third kappa shape index (κ3) is 2.14. The molecule has 3 heterocycles. The zero-order valence-electron chi connectivity index (χ0n) is 12.6. The van der Waals surface area contributed by atoms with Crippen LogP contribution in [-0.2, 0) is 11.8 Å². The highest BCUT2D eigenvalue weighted by Gasteiger charge is 2.20. The molecule has 22 heavy (non-hydrogen) atoms. The first kappa shape index (κ1) is 14.5. The van der Waals surface area contributed by atoms with Gasteiger partial charge in [-0.1, -0.05) is 11.6 Å². The molecule has 114 valence electrons. The minimum absolute atomic E-state index is 0.265. The van der Waals surface area contributed by atoms with Crippen LogP contribution in [-0.4, -0.2) is 37.5 Å². The minimum atomic E-state index is -0.505. The molecule has 0 saturated carbocycles. The molecule has 0 amide bonds. The van der Waals surface area contributed by atoms with Crippen LogP contribution in [0.1, 0.15) is 21.9 Å². The van der Waals surface area contributed by atoms with Gasteiger partial charge in [-0.15, -0.1) is 0 Å². The Morgan fingerprint density at radius 3 is 2.59 bits per heavy atom. The van der Waals surface area contributed by atoms with Gasteiger partial charge in [-0.05, 0) is 19.9 Å². The second-order valence-electron chi connectivity index (χ2n) is 4.95. The van der Waals surface area contributed by atoms with Crippen LogP contribution in [0, 0.1) is 13.8 Å². The van der Waals surface area contributed by atoms with Crippen molar-refractivity contribution in [2.75, 3.05) is 7.11 Å². The fraction of sp³-hybridized carbons (Fsp3) is 0.286. The Morgan fingerprint density at radius 2 is 2.00 bits per heavy atom. The number of esters is 1. The smallest absolute Gasteiger partial charge is 0.356 e. The first-order valence-corrected chi connectivity index (χ1v) is 6.95. The van der Waals surface area contributed by atoms with Crippen molar-refractivity contribution in [2.24, 2.45) is 7.05 Å². The van der Waals surface area contributed by atoms with Crippen LogP contribution in [0.4, 0.5) is 0 Å². The van der Waals surface area contributed by atoms with Crippen LogP contribution in [0.5, 0.6) is 0 Å². The molecule has 0 radical (unpaired) electrons. The third-order valence-electron chi connectivity index (χ3n) is 3.38. The highest BCUT2D eigenvalue weighted by Crippen LogP contribution is 2.27. The van der Waals surface area contributed by atoms with Gasteiger partial charge < -0.3 is 4.74 Å². The summed E-state index contributed by atoms with van der Waals surface area (Å²) < 4.78 is 7.92. The molecule has 8 heteroatoms. The van der Waals surface area contributed by atoms with Crippen LogP contribution in [0.2, 0.25) is 5.02 Å². The highest BCUT2D eigenvalue weighted by molar-refractivity contribution is 6.34. The van der Waals surface area contributed by atoms with Gasteiger partial charge in [0.1, 0.15) is 5.02 Å². The number of nitrogens with zero attached hydrogens (tertiary/aromatic N) is 5. The van der Waals surface area contributed by atoms with E-state index >= 15 is 0 Å². The van der Waals surface area contributed by atoms with Gasteiger partial charge in [0.15, 0.2) is 11.3 Å². The van der Waals surface area contributed by atoms with E-state index < -0.39 is 5.97 Å². The molecule has 0 bridgehead atoms. The van der Waals surface area contributed by atoms with Crippen molar-refractivity contribution < 1.29 is 9.53 Å². The van der Waals surface area contributed by atoms with Gasteiger partial charge in [0.25, 0.3) is 0 Å². The molecular weight excluding hydrogens is 306 g/mol. The Bertz CT molecular complexity index is 896. The largest absolute Gasteiger partial charge is 0.464 e. The van der Waals surface area contributed by atoms with Gasteiger partial charge in [0.05, 0.1) is 24.2 Å². The van der Waals surface area contributed by atoms with Crippen LogP contribution in [0.3, 0.4) is 0 Å². The second kappa shape index (κ2) is 5.10. The molecule has 0 spiro atoms. The van der Waals surface area contributed by atoms with E-state index in [1.807, 2.05) is 20.2 Å². The average Bonchev–Trinajstić information content (AvgIpc) is 2.97. The standard InChI is InChI=1S/C14H14ClN5O2/c1-7-9(6-19(3)17-7)10-5-11(14(21)22-4)20-13(16-10)12(15)8(2)18-20/h5-6H,1-4H3. The fourth-order valence-electron chi connectivity index (χ4n) is 2.34. The van der Waals surface area contributed by atoms with Crippen LogP contribution < -0.4 is 0 Å². The quantitative estimate of drug-likeness (QED) is 0.677. The maximum absolute atomic E-state index is 12.0. The molecule has 3 rings (SSSR count). The predicted molar refractivity (Wildman–Crippen MR) is 81.0 cm³/mol. The summed E-state index contributed by atoms with van der Waals surface area (Å²) in [6.07, 6.45) is 1.84. The lowest BCUT2D eigenvalue weighted by molar-refractivity contribution is 0.0590. The Kier molecular flexibility index (Phi) is 3.37. The van der Waals surface area contributed by atoms with E-state index in [2.05, 4.69) is 15.2 Å². The normalized spacial score (nSPS) is 11.1. The molecule has 0 fully saturated rings. The van der Waals surface area contributed by atoms with Crippen molar-refractivity contribution in [1.82, 2.24) is 24.4 Å². The second-order valence-corrected chi connectivity index (χ2v) is 5.33. The number of carbonyl (C=O) groups is 1. The van der Waals surface area contributed by atoms with Gasteiger partial charge in [0.2, 0.25) is 0 Å². The topological polar surface area (TPSA) is 74.3 Å². The fourth-order valence-corrected chi connectivity index (χ4v) is 2.50. The van der Waals surface area contributed by atoms with E-state index in [4.69, 9.17) is 16.3 Å². The number of rotatable bonds is 2. The number of hydrogen-bond acceptors (Lipinski definition) is 5. The molecule has 7 nitrogen and oxygen atoms in total. The zero-order valence-corrected chi connectivity index (χ0v) is 13.3. The van der Waals surface area contributed by atoms with Crippen LogP contribution in [0.25, 0.3) is 16.9 Å². The van der Waals surface area contributed by atoms with Crippen LogP contribution in [0.15, 0.2) is 12.3 Å². The number of fused-ring (bicyclic) bond motifs is 1. The minimum Gasteiger partial charge on any atom is -0.464 e. The molecular formula is C14H14ClN5O2. The zero-order chi connectivity index (χ0) is 16.0. The molecule has 0 aromatic carbocycles. The molecule has 0 aliphatic heterocycles. The number of aromatic nitrogens is 5. The Morgan fingerprint density at radius 1 is 1.27 bits per heavy atom. The monoisotopic (exact) mass is 319 g/mol. The predicted octanol–water partition coefficient (Wildman–Crippen LogP) is 2.19. The van der Waals surface area contributed by atoms with E-state index in [-0.39, 0.29) is 5.69 Å². The van der Waals surface area contributed by atoms with Crippen molar-refractivity contribution >= 4 is 23.2 Å². The lowest BCUT2D eigenvalue weighted by Gasteiger charge is -2.06. The average molecular weight is 320 g/mol. The molecule has 3 aromatic rings. The summed E-state index contributed by atoms with van der Waals surface area (Å²) in [6.45, 7) is 3.63. The molecule has 0 unspecified atom stereocenters. The van der Waals surface area contributed by atoms with E-state index in [9.17, 15) is 4.79 Å². The van der Waals surface area contributed by atoms with Crippen molar-refractivity contribution in [3.63, 3.8) is 0 Å². The van der Waals surface area contributed by atoms with E-state index in [1.165, 1.54) is 11.6 Å². The Labute approximate surface area is 131 Å². The molecule has 0 N–H and O–H groups in total. The Hall–Kier alpha value is -2.41. The van der Waals surface area contributed by atoms with Gasteiger partial charge in [0, 0.05) is 18.8 Å². The van der Waals surface area contributed by atoms with Crippen molar-refractivity contribution in [3.05, 3.63) is 34.4 Å². The number of aryl methyl sites for hydroxylation is 3. The van der Waals surface area contributed by atoms with Crippen molar-refractivity contribution in [1.29, 1.82) is 0 Å². The van der Waals surface area contributed by atoms with E-state index in [1.54, 1.807) is 17.7 Å². The number of hydrogen-bond donors (Lipinski definition) is 0. The summed E-state index contributed by atoms with van der Waals surface area (Å²) in [5.41, 5.74) is 3.51. The summed E-state index contributed by atoms with van der Waals surface area (Å²) in [7, 11) is 3.15. The lowest BCUT2D eigenvalue weighted by atomic mass is 10.1. The van der Waals surface area contributed by atoms with Gasteiger partial charge in [-0.2, -0.15) is 10.2 Å². The first-order valence-electron chi connectivity index (χ1n) is 6.57. The number of methoxy groups -OCH3 is 1. The summed E-state index contributed by atoms with van der Waals surface area (Å²) in [4.78, 5) is 16.6. The number of carbonyl (C=O) groups excluding carboxylic acids is 1. The molecule has 0 aliphatic carbocycles. The van der Waals surface area contributed by atoms with Crippen molar-refractivity contribution in [3.8, 4) is 11.3 Å². The maximum atomic E-state index is 12.0. The SMILES string of the molecule is COC(=O)c1cc(-c2cn(C)nc2C)nc2c(Cl)c(C)nn12. The lowest BCUT2D eigenvalue weighted by Crippen LogP contribution is -2.10. The van der Waals surface area contributed by atoms with Crippen LogP contribution >= 0.6 is 11.6 Å². The molecule has 0 aliphatic rings. The number of ether oxygens (including phenoxy) is 1. The van der Waals surface area contributed by atoms with Crippen molar-refractivity contribution in [2.45, 2.75) is 13.8 Å². The Balaban J connectivity index is 2.35. The van der Waals surface area contributed by atoms with Gasteiger partial charge in [-0.3, -0.25) is 4.68 Å². The summed E-state index contributed by atoms with van der Waals surface area (Å²) in [5, 5.41) is 8.95. The summed E-state index contributed by atoms with van der Waals surface area (Å²) in [6, 6.07) is 1.63. The van der Waals surface area contributed by atoms with E-state index in [0.29, 0.717) is 22.1 Å². The molecule has 0 saturated heterocycles. The molecule has 0 atom stereocenters. The first-order chi connectivity index (χ1) is 10.4. The molecule has 3 aromatic heterocycles. The highest BCUT2D eigenvalue weighted by atomic mass is 35.5.